The maximum Gasteiger partial charge on any atom is 0.170 e. The smallest absolute Gasteiger partial charge is 0.170 e. The molecule has 0 spiro atoms. The molecule has 1 unspecified atom stereocenters. The van der Waals surface area contributed by atoms with Gasteiger partial charge in [-0.3, -0.25) is 4.79 Å². The van der Waals surface area contributed by atoms with E-state index in [1.165, 1.54) is 11.6 Å². The lowest BCUT2D eigenvalue weighted by Crippen LogP contribution is -2.25. The highest BCUT2D eigenvalue weighted by Gasteiger charge is 2.32. The molecule has 0 bridgehead atoms. The van der Waals surface area contributed by atoms with Gasteiger partial charge in [-0.25, -0.2) is 4.39 Å². The van der Waals surface area contributed by atoms with Gasteiger partial charge in [-0.05, 0) is 51.7 Å². The lowest BCUT2D eigenvalue weighted by Gasteiger charge is -2.28. The maximum atomic E-state index is 13.1. The van der Waals surface area contributed by atoms with Crippen LogP contribution in [0.15, 0.2) is 46.9 Å². The molecule has 1 nitrogen and oxygen atoms in total. The first-order valence-corrected chi connectivity index (χ1v) is 6.53. The second-order valence-corrected chi connectivity index (χ2v) is 5.30. The van der Waals surface area contributed by atoms with Gasteiger partial charge in [0.2, 0.25) is 0 Å². The Morgan fingerprint density at radius 2 is 2.00 bits per heavy atom. The molecule has 0 radical (unpaired) electrons. The molecular formula is C15H10BrFO. The minimum absolute atomic E-state index is 0.0643. The predicted molar refractivity (Wildman–Crippen MR) is 71.3 cm³/mol. The van der Waals surface area contributed by atoms with Gasteiger partial charge in [-0.2, -0.15) is 0 Å². The van der Waals surface area contributed by atoms with Crippen LogP contribution in [0, 0.1) is 5.82 Å². The van der Waals surface area contributed by atoms with Crippen molar-refractivity contribution in [2.24, 2.45) is 0 Å². The molecule has 18 heavy (non-hydrogen) atoms. The number of benzene rings is 2. The van der Waals surface area contributed by atoms with Crippen LogP contribution in [-0.2, 0) is 6.42 Å². The number of Topliss-reactive ketones (excluding diaryl/α,β-unsaturated/α-hetero) is 1. The highest BCUT2D eigenvalue weighted by Crippen LogP contribution is 2.37. The number of hydrogen-bond acceptors (Lipinski definition) is 1. The topological polar surface area (TPSA) is 17.1 Å². The molecule has 1 aliphatic rings. The molecule has 0 heterocycles. The summed E-state index contributed by atoms with van der Waals surface area (Å²) in [7, 11) is 0. The maximum absolute atomic E-state index is 13.1. The molecule has 0 amide bonds. The van der Waals surface area contributed by atoms with E-state index in [-0.39, 0.29) is 17.5 Å². The lowest BCUT2D eigenvalue weighted by atomic mass is 9.74. The van der Waals surface area contributed by atoms with Crippen molar-refractivity contribution in [3.8, 4) is 0 Å². The Bertz CT molecular complexity index is 636. The lowest BCUT2D eigenvalue weighted by molar-refractivity contribution is 0.0949. The summed E-state index contributed by atoms with van der Waals surface area (Å²) in [6.45, 7) is 0. The van der Waals surface area contributed by atoms with Gasteiger partial charge in [0, 0.05) is 5.56 Å². The Balaban J connectivity index is 1.91. The van der Waals surface area contributed by atoms with E-state index in [4.69, 9.17) is 0 Å². The van der Waals surface area contributed by atoms with E-state index in [1.807, 2.05) is 24.3 Å². The van der Waals surface area contributed by atoms with Crippen LogP contribution in [0.1, 0.15) is 27.4 Å². The van der Waals surface area contributed by atoms with E-state index in [0.717, 1.165) is 12.0 Å². The zero-order valence-electron chi connectivity index (χ0n) is 9.49. The summed E-state index contributed by atoms with van der Waals surface area (Å²) < 4.78 is 13.5. The average Bonchev–Trinajstić information content (AvgIpc) is 2.34. The molecule has 0 saturated heterocycles. The molecule has 2 aromatic carbocycles. The van der Waals surface area contributed by atoms with E-state index in [9.17, 15) is 9.18 Å². The molecule has 3 rings (SSSR count). The van der Waals surface area contributed by atoms with Gasteiger partial charge in [-0.15, -0.1) is 0 Å². The minimum atomic E-state index is -0.347. The average molecular weight is 305 g/mol. The van der Waals surface area contributed by atoms with E-state index in [2.05, 4.69) is 15.9 Å². The Morgan fingerprint density at radius 1 is 1.22 bits per heavy atom. The van der Waals surface area contributed by atoms with Crippen molar-refractivity contribution in [3.63, 3.8) is 0 Å². The first-order chi connectivity index (χ1) is 8.66. The summed E-state index contributed by atoms with van der Waals surface area (Å²) >= 11 is 3.11. The van der Waals surface area contributed by atoms with Gasteiger partial charge < -0.3 is 0 Å². The van der Waals surface area contributed by atoms with E-state index in [0.29, 0.717) is 10.0 Å². The highest BCUT2D eigenvalue weighted by atomic mass is 79.9. The van der Waals surface area contributed by atoms with Gasteiger partial charge in [0.1, 0.15) is 5.82 Å². The summed E-state index contributed by atoms with van der Waals surface area (Å²) in [5, 5.41) is 0. The van der Waals surface area contributed by atoms with Gasteiger partial charge >= 0.3 is 0 Å². The standard InChI is InChI=1S/C15H10BrFO/c16-13-8-10(5-6-14(13)17)15(18)12-7-9-3-1-2-4-11(9)12/h1-6,8,12H,7H2. The van der Waals surface area contributed by atoms with E-state index >= 15 is 0 Å². The van der Waals surface area contributed by atoms with Crippen LogP contribution >= 0.6 is 15.9 Å². The fourth-order valence-corrected chi connectivity index (χ4v) is 2.72. The van der Waals surface area contributed by atoms with Crippen LogP contribution in [0.5, 0.6) is 0 Å². The molecule has 2 aromatic rings. The van der Waals surface area contributed by atoms with E-state index < -0.39 is 0 Å². The van der Waals surface area contributed by atoms with Crippen molar-refractivity contribution < 1.29 is 9.18 Å². The second-order valence-electron chi connectivity index (χ2n) is 4.45. The minimum Gasteiger partial charge on any atom is -0.293 e. The molecule has 3 heteroatoms. The molecule has 90 valence electrons. The van der Waals surface area contributed by atoms with Crippen LogP contribution in [-0.4, -0.2) is 5.78 Å². The zero-order chi connectivity index (χ0) is 12.7. The van der Waals surface area contributed by atoms with Crippen molar-refractivity contribution in [3.05, 3.63) is 69.4 Å². The molecule has 0 saturated carbocycles. The Labute approximate surface area is 113 Å². The quantitative estimate of drug-likeness (QED) is 0.763. The van der Waals surface area contributed by atoms with Crippen molar-refractivity contribution in [2.75, 3.05) is 0 Å². The van der Waals surface area contributed by atoms with Gasteiger partial charge in [0.05, 0.1) is 10.4 Å². The Hall–Kier alpha value is -1.48. The number of carbonyl (C=O) groups excluding carboxylic acids is 1. The van der Waals surface area contributed by atoms with Gasteiger partial charge in [0.25, 0.3) is 0 Å². The van der Waals surface area contributed by atoms with Crippen LogP contribution in [0.2, 0.25) is 0 Å². The number of fused-ring (bicyclic) bond motifs is 1. The zero-order valence-corrected chi connectivity index (χ0v) is 11.1. The molecule has 0 aromatic heterocycles. The first-order valence-electron chi connectivity index (χ1n) is 5.74. The summed E-state index contributed by atoms with van der Waals surface area (Å²) in [6.07, 6.45) is 0.782. The normalized spacial score (nSPS) is 16.9. The summed E-state index contributed by atoms with van der Waals surface area (Å²) in [6, 6.07) is 12.4. The van der Waals surface area contributed by atoms with Crippen molar-refractivity contribution in [1.29, 1.82) is 0 Å². The largest absolute Gasteiger partial charge is 0.293 e. The van der Waals surface area contributed by atoms with Crippen LogP contribution in [0.25, 0.3) is 0 Å². The first kappa shape index (κ1) is 11.6. The fraction of sp³-hybridized carbons (Fsp3) is 0.133. The van der Waals surface area contributed by atoms with Gasteiger partial charge in [-0.1, -0.05) is 24.3 Å². The number of ketones is 1. The van der Waals surface area contributed by atoms with Crippen LogP contribution < -0.4 is 0 Å². The second kappa shape index (κ2) is 4.32. The molecule has 0 N–H and O–H groups in total. The van der Waals surface area contributed by atoms with Crippen molar-refractivity contribution >= 4 is 21.7 Å². The monoisotopic (exact) mass is 304 g/mol. The molecule has 0 fully saturated rings. The highest BCUT2D eigenvalue weighted by molar-refractivity contribution is 9.10. The molecule has 0 aliphatic heterocycles. The number of halogens is 2. The number of carbonyl (C=O) groups is 1. The summed E-state index contributed by atoms with van der Waals surface area (Å²) in [5.41, 5.74) is 2.89. The third kappa shape index (κ3) is 1.79. The van der Waals surface area contributed by atoms with E-state index in [1.54, 1.807) is 12.1 Å². The van der Waals surface area contributed by atoms with Crippen LogP contribution in [0.4, 0.5) is 4.39 Å². The Morgan fingerprint density at radius 3 is 2.72 bits per heavy atom. The fourth-order valence-electron chi connectivity index (χ4n) is 2.34. The van der Waals surface area contributed by atoms with Gasteiger partial charge in [0.15, 0.2) is 5.78 Å². The molecular weight excluding hydrogens is 295 g/mol. The summed E-state index contributed by atoms with van der Waals surface area (Å²) in [4.78, 5) is 12.3. The molecule has 1 aliphatic carbocycles. The summed E-state index contributed by atoms with van der Waals surface area (Å²) in [5.74, 6) is -0.353. The molecule has 1 atom stereocenters. The number of hydrogen-bond donors (Lipinski definition) is 0. The Kier molecular flexibility index (Phi) is 2.78. The third-order valence-corrected chi connectivity index (χ3v) is 3.98. The van der Waals surface area contributed by atoms with Crippen LogP contribution in [0.3, 0.4) is 0 Å². The van der Waals surface area contributed by atoms with Crippen molar-refractivity contribution in [2.45, 2.75) is 12.3 Å². The SMILES string of the molecule is O=C(c1ccc(F)c(Br)c1)C1Cc2ccccc21. The third-order valence-electron chi connectivity index (χ3n) is 3.38. The number of rotatable bonds is 2. The predicted octanol–water partition coefficient (Wildman–Crippen LogP) is 4.11. The van der Waals surface area contributed by atoms with Crippen molar-refractivity contribution in [1.82, 2.24) is 0 Å².